The van der Waals surface area contributed by atoms with Crippen molar-refractivity contribution < 1.29 is 9.47 Å². The van der Waals surface area contributed by atoms with Crippen molar-refractivity contribution in [2.45, 2.75) is 57.3 Å². The van der Waals surface area contributed by atoms with Gasteiger partial charge in [-0.05, 0) is 39.2 Å². The van der Waals surface area contributed by atoms with E-state index in [1.54, 1.807) is 6.20 Å². The van der Waals surface area contributed by atoms with Crippen LogP contribution in [0.5, 0.6) is 5.75 Å². The van der Waals surface area contributed by atoms with Gasteiger partial charge in [0.1, 0.15) is 11.6 Å². The SMILES string of the molecule is CC(C)Oc1cc(-c2cc(N3C[C@@H]4C[C@H]3CO4)nc(C3CC3)n2)cnc1N. The summed E-state index contributed by atoms with van der Waals surface area (Å²) in [4.78, 5) is 16.4. The van der Waals surface area contributed by atoms with Gasteiger partial charge in [-0.2, -0.15) is 0 Å². The first-order chi connectivity index (χ1) is 13.1. The molecule has 0 unspecified atom stereocenters. The third-order valence-corrected chi connectivity index (χ3v) is 5.41. The quantitative estimate of drug-likeness (QED) is 0.869. The second-order valence-corrected chi connectivity index (χ2v) is 8.02. The molecule has 2 atom stereocenters. The second-order valence-electron chi connectivity index (χ2n) is 8.02. The van der Waals surface area contributed by atoms with Crippen molar-refractivity contribution in [2.75, 3.05) is 23.8 Å². The van der Waals surface area contributed by atoms with Crippen LogP contribution < -0.4 is 15.4 Å². The lowest BCUT2D eigenvalue weighted by Gasteiger charge is -2.28. The predicted molar refractivity (Wildman–Crippen MR) is 103 cm³/mol. The van der Waals surface area contributed by atoms with Crippen LogP contribution in [0.4, 0.5) is 11.6 Å². The molecular formula is C20H25N5O2. The highest BCUT2D eigenvalue weighted by Crippen LogP contribution is 2.41. The van der Waals surface area contributed by atoms with Crippen LogP contribution in [0.2, 0.25) is 0 Å². The Morgan fingerprint density at radius 2 is 2.11 bits per heavy atom. The van der Waals surface area contributed by atoms with Gasteiger partial charge in [0.2, 0.25) is 0 Å². The molecule has 5 rings (SSSR count). The molecule has 142 valence electrons. The molecular weight excluding hydrogens is 342 g/mol. The normalized spacial score (nSPS) is 24.0. The van der Waals surface area contributed by atoms with Crippen molar-refractivity contribution in [1.29, 1.82) is 0 Å². The van der Waals surface area contributed by atoms with Gasteiger partial charge in [-0.3, -0.25) is 0 Å². The van der Waals surface area contributed by atoms with Gasteiger partial charge in [0.15, 0.2) is 11.6 Å². The van der Waals surface area contributed by atoms with Crippen LogP contribution in [-0.2, 0) is 4.74 Å². The molecule has 27 heavy (non-hydrogen) atoms. The lowest BCUT2D eigenvalue weighted by atomic mass is 10.1. The summed E-state index contributed by atoms with van der Waals surface area (Å²) in [6, 6.07) is 4.43. The van der Waals surface area contributed by atoms with E-state index in [0.717, 1.165) is 42.5 Å². The number of rotatable bonds is 5. The van der Waals surface area contributed by atoms with Crippen molar-refractivity contribution in [3.8, 4) is 17.0 Å². The van der Waals surface area contributed by atoms with E-state index in [1.165, 1.54) is 12.8 Å². The molecule has 1 saturated carbocycles. The summed E-state index contributed by atoms with van der Waals surface area (Å²) in [5.41, 5.74) is 7.77. The molecule has 0 spiro atoms. The van der Waals surface area contributed by atoms with E-state index >= 15 is 0 Å². The number of fused-ring (bicyclic) bond motifs is 2. The Kier molecular flexibility index (Phi) is 3.93. The van der Waals surface area contributed by atoms with Crippen molar-refractivity contribution in [3.05, 3.63) is 24.2 Å². The Labute approximate surface area is 158 Å². The van der Waals surface area contributed by atoms with E-state index in [4.69, 9.17) is 25.2 Å². The zero-order valence-electron chi connectivity index (χ0n) is 15.8. The molecule has 2 aromatic rings. The number of nitrogens with zero attached hydrogens (tertiary/aromatic N) is 4. The highest BCUT2D eigenvalue weighted by molar-refractivity contribution is 5.67. The molecule has 7 nitrogen and oxygen atoms in total. The van der Waals surface area contributed by atoms with Crippen molar-refractivity contribution in [1.82, 2.24) is 15.0 Å². The van der Waals surface area contributed by atoms with Gasteiger partial charge in [0.05, 0.1) is 30.6 Å². The molecule has 2 bridgehead atoms. The molecule has 0 amide bonds. The third kappa shape index (κ3) is 3.20. The van der Waals surface area contributed by atoms with Crippen molar-refractivity contribution in [2.24, 2.45) is 0 Å². The highest BCUT2D eigenvalue weighted by atomic mass is 16.5. The fourth-order valence-corrected chi connectivity index (χ4v) is 3.90. The van der Waals surface area contributed by atoms with Gasteiger partial charge in [-0.1, -0.05) is 0 Å². The van der Waals surface area contributed by atoms with Gasteiger partial charge >= 0.3 is 0 Å². The van der Waals surface area contributed by atoms with E-state index in [1.807, 2.05) is 19.9 Å². The van der Waals surface area contributed by atoms with E-state index < -0.39 is 0 Å². The first kappa shape index (κ1) is 16.7. The Hall–Kier alpha value is -2.41. The molecule has 2 aliphatic heterocycles. The number of hydrogen-bond acceptors (Lipinski definition) is 7. The largest absolute Gasteiger partial charge is 0.487 e. The number of ether oxygens (including phenoxy) is 2. The van der Waals surface area contributed by atoms with Gasteiger partial charge in [0, 0.05) is 30.3 Å². The van der Waals surface area contributed by atoms with Crippen LogP contribution in [-0.4, -0.2) is 46.4 Å². The summed E-state index contributed by atoms with van der Waals surface area (Å²) in [7, 11) is 0. The fraction of sp³-hybridized carbons (Fsp3) is 0.550. The minimum absolute atomic E-state index is 0.0347. The monoisotopic (exact) mass is 367 g/mol. The van der Waals surface area contributed by atoms with Crippen molar-refractivity contribution in [3.63, 3.8) is 0 Å². The maximum absolute atomic E-state index is 5.98. The maximum Gasteiger partial charge on any atom is 0.166 e. The Morgan fingerprint density at radius 3 is 2.78 bits per heavy atom. The molecule has 7 heteroatoms. The van der Waals surface area contributed by atoms with Gasteiger partial charge < -0.3 is 20.1 Å². The third-order valence-electron chi connectivity index (χ3n) is 5.41. The van der Waals surface area contributed by atoms with E-state index in [-0.39, 0.29) is 6.10 Å². The first-order valence-corrected chi connectivity index (χ1v) is 9.76. The fourth-order valence-electron chi connectivity index (χ4n) is 3.90. The van der Waals surface area contributed by atoms with Crippen LogP contribution in [0.15, 0.2) is 18.3 Å². The average molecular weight is 367 g/mol. The summed E-state index contributed by atoms with van der Waals surface area (Å²) in [5, 5.41) is 0. The molecule has 4 heterocycles. The molecule has 0 aromatic carbocycles. The topological polar surface area (TPSA) is 86.4 Å². The number of anilines is 2. The summed E-state index contributed by atoms with van der Waals surface area (Å²) in [5.74, 6) is 3.42. The van der Waals surface area contributed by atoms with E-state index in [2.05, 4.69) is 16.0 Å². The van der Waals surface area contributed by atoms with Crippen molar-refractivity contribution >= 4 is 11.6 Å². The molecule has 0 radical (unpaired) electrons. The summed E-state index contributed by atoms with van der Waals surface area (Å²) in [6.07, 6.45) is 5.56. The highest BCUT2D eigenvalue weighted by Gasteiger charge is 2.40. The lowest BCUT2D eigenvalue weighted by molar-refractivity contribution is 0.0989. The van der Waals surface area contributed by atoms with Crippen LogP contribution >= 0.6 is 0 Å². The zero-order chi connectivity index (χ0) is 18.5. The summed E-state index contributed by atoms with van der Waals surface area (Å²) >= 11 is 0. The minimum atomic E-state index is 0.0347. The van der Waals surface area contributed by atoms with Gasteiger partial charge in [-0.15, -0.1) is 0 Å². The number of hydrogen-bond donors (Lipinski definition) is 1. The Bertz CT molecular complexity index is 867. The standard InChI is InChI=1S/C20H25N5O2/c1-11(2)27-17-5-13(8-22-19(17)21)16-7-18(24-20(23-16)12-3-4-12)25-9-15-6-14(25)10-26-15/h5,7-8,11-12,14-15H,3-4,6,9-10H2,1-2H3,(H2,21,22)/t14-,15-/m0/s1. The number of aromatic nitrogens is 3. The zero-order valence-corrected chi connectivity index (χ0v) is 15.8. The molecule has 2 aromatic heterocycles. The van der Waals surface area contributed by atoms with E-state index in [0.29, 0.717) is 29.6 Å². The molecule has 3 aliphatic rings. The Balaban J connectivity index is 1.54. The number of pyridine rings is 1. The number of morpholine rings is 1. The lowest BCUT2D eigenvalue weighted by Crippen LogP contribution is -2.37. The second kappa shape index (κ2) is 6.34. The molecule has 1 aliphatic carbocycles. The van der Waals surface area contributed by atoms with Gasteiger partial charge in [0.25, 0.3) is 0 Å². The minimum Gasteiger partial charge on any atom is -0.487 e. The van der Waals surface area contributed by atoms with Crippen LogP contribution in [0.25, 0.3) is 11.3 Å². The van der Waals surface area contributed by atoms with Crippen LogP contribution in [0, 0.1) is 0 Å². The number of nitrogens with two attached hydrogens (primary N) is 1. The predicted octanol–water partition coefficient (Wildman–Crippen LogP) is 2.76. The van der Waals surface area contributed by atoms with Crippen LogP contribution in [0.1, 0.15) is 44.9 Å². The molecule has 2 N–H and O–H groups in total. The number of nitrogen functional groups attached to an aromatic ring is 1. The summed E-state index contributed by atoms with van der Waals surface area (Å²) < 4.78 is 11.6. The summed E-state index contributed by atoms with van der Waals surface area (Å²) in [6.45, 7) is 5.65. The average Bonchev–Trinajstić information content (AvgIpc) is 3.29. The smallest absolute Gasteiger partial charge is 0.166 e. The molecule has 3 fully saturated rings. The van der Waals surface area contributed by atoms with Gasteiger partial charge in [-0.25, -0.2) is 15.0 Å². The molecule has 2 saturated heterocycles. The Morgan fingerprint density at radius 1 is 1.26 bits per heavy atom. The maximum atomic E-state index is 5.98. The van der Waals surface area contributed by atoms with Crippen LogP contribution in [0.3, 0.4) is 0 Å². The first-order valence-electron chi connectivity index (χ1n) is 9.76. The van der Waals surface area contributed by atoms with E-state index in [9.17, 15) is 0 Å².